The van der Waals surface area contributed by atoms with E-state index < -0.39 is 17.8 Å². The molecule has 0 spiro atoms. The van der Waals surface area contributed by atoms with E-state index in [-0.39, 0.29) is 65.6 Å². The molecular weight excluding hydrogens is 933 g/mol. The zero-order valence-corrected chi connectivity index (χ0v) is 52.5. The highest BCUT2D eigenvalue weighted by molar-refractivity contribution is 5.98. The number of carbonyl (C=O) groups is 2. The van der Waals surface area contributed by atoms with E-state index in [2.05, 4.69) is 149 Å². The number of ether oxygens (including phenoxy) is 2. The van der Waals surface area contributed by atoms with E-state index in [1.807, 2.05) is 70.0 Å². The number of epoxide rings is 2. The Hall–Kier alpha value is -1.92. The lowest BCUT2D eigenvalue weighted by Crippen LogP contribution is -2.46. The second-order valence-electron chi connectivity index (χ2n) is 24.4. The van der Waals surface area contributed by atoms with E-state index in [0.29, 0.717) is 60.2 Å². The highest BCUT2D eigenvalue weighted by atomic mass is 16.6. The topological polar surface area (TPSA) is 212 Å². The summed E-state index contributed by atoms with van der Waals surface area (Å²) < 4.78 is 10.4. The summed E-state index contributed by atoms with van der Waals surface area (Å²) in [7, 11) is 11.2. The van der Waals surface area contributed by atoms with Gasteiger partial charge in [0, 0.05) is 24.2 Å². The fraction of sp³-hybridized carbons (Fsp3) is 0.867. The van der Waals surface area contributed by atoms with Gasteiger partial charge in [0.2, 0.25) is 0 Å². The number of hydrogen-bond donors (Lipinski definition) is 10. The van der Waals surface area contributed by atoms with Crippen molar-refractivity contribution >= 4 is 11.6 Å². The summed E-state index contributed by atoms with van der Waals surface area (Å²) in [5.74, 6) is 4.14. The second kappa shape index (κ2) is 41.2. The molecule has 0 radical (unpaired) electrons. The van der Waals surface area contributed by atoms with Crippen molar-refractivity contribution in [3.05, 3.63) is 36.5 Å². The van der Waals surface area contributed by atoms with Gasteiger partial charge in [-0.1, -0.05) is 128 Å². The Balaban J connectivity index is -0.000000398. The summed E-state index contributed by atoms with van der Waals surface area (Å²) in [6, 6.07) is 0.567. The number of nitrogens with one attached hydrogen (secondary N) is 6. The van der Waals surface area contributed by atoms with E-state index in [1.165, 1.54) is 0 Å². The average molecular weight is 1060 g/mol. The lowest BCUT2D eigenvalue weighted by atomic mass is 9.92. The molecule has 74 heavy (non-hydrogen) atoms. The fourth-order valence-electron chi connectivity index (χ4n) is 8.11. The number of rotatable bonds is 30. The van der Waals surface area contributed by atoms with E-state index >= 15 is 0 Å². The largest absolute Gasteiger partial charge is 0.391 e. The molecule has 2 aliphatic rings. The van der Waals surface area contributed by atoms with Gasteiger partial charge >= 0.3 is 0 Å². The Morgan fingerprint density at radius 1 is 0.473 bits per heavy atom. The molecule has 0 saturated carbocycles. The molecule has 1 unspecified atom stereocenters. The van der Waals surface area contributed by atoms with Gasteiger partial charge in [-0.25, -0.2) is 0 Å². The SMILES string of the molecule is C=C(C)C(=O)[C@H](CC(C)C)NC.C=C(C)[C@@H](O)[C@H](CC(C)C)NC.C=C(C)[C@H](O)[C@H](CC(C)C)NC.CN[C@@H](CC(C)C)C(=O)[C@@]1(C)CO1.CN[C@@H](CC(C)C)C(O)C(C)C.CN[C@@H](CC(C)C)[C@H](O)[C@@]1(C)CO1. The first-order valence-electron chi connectivity index (χ1n) is 28.0. The number of aliphatic hydroxyl groups is 4. The third-order valence-electron chi connectivity index (χ3n) is 13.1. The number of aliphatic hydroxyl groups excluding tert-OH is 4. The molecule has 12 atom stereocenters. The summed E-state index contributed by atoms with van der Waals surface area (Å²) >= 11 is 0. The second-order valence-corrected chi connectivity index (χ2v) is 24.4. The van der Waals surface area contributed by atoms with Crippen molar-refractivity contribution in [2.75, 3.05) is 55.5 Å². The lowest BCUT2D eigenvalue weighted by Gasteiger charge is -2.26. The molecule has 14 heteroatoms. The number of likely N-dealkylation sites (N-methyl/N-ethyl adjacent to an activating group) is 6. The number of Topliss-reactive ketones (excluding diaryl/α,β-unsaturated/α-hetero) is 2. The summed E-state index contributed by atoms with van der Waals surface area (Å²) in [6.45, 7) is 51.5. The van der Waals surface area contributed by atoms with E-state index in [1.54, 1.807) is 6.92 Å². The molecule has 0 aliphatic carbocycles. The van der Waals surface area contributed by atoms with Gasteiger partial charge in [-0.2, -0.15) is 0 Å². The van der Waals surface area contributed by atoms with Crippen LogP contribution in [0.15, 0.2) is 36.5 Å². The van der Waals surface area contributed by atoms with Crippen LogP contribution in [-0.4, -0.2) is 159 Å². The normalized spacial score (nSPS) is 20.8. The molecule has 2 heterocycles. The van der Waals surface area contributed by atoms with Crippen molar-refractivity contribution in [2.45, 2.75) is 242 Å². The summed E-state index contributed by atoms with van der Waals surface area (Å²) in [5.41, 5.74) is 1.52. The van der Waals surface area contributed by atoms with Gasteiger partial charge in [-0.15, -0.1) is 0 Å². The van der Waals surface area contributed by atoms with Gasteiger partial charge in [-0.3, -0.25) is 9.59 Å². The van der Waals surface area contributed by atoms with Crippen LogP contribution in [0.5, 0.6) is 0 Å². The van der Waals surface area contributed by atoms with Crippen LogP contribution in [0.25, 0.3) is 0 Å². The van der Waals surface area contributed by atoms with Crippen LogP contribution in [0.1, 0.15) is 170 Å². The predicted molar refractivity (Wildman–Crippen MR) is 316 cm³/mol. The lowest BCUT2D eigenvalue weighted by molar-refractivity contribution is -0.125. The van der Waals surface area contributed by atoms with E-state index in [9.17, 15) is 30.0 Å². The third kappa shape index (κ3) is 36.2. The Kier molecular flexibility index (Phi) is 43.7. The van der Waals surface area contributed by atoms with Crippen LogP contribution in [0.2, 0.25) is 0 Å². The number of hydrogen-bond acceptors (Lipinski definition) is 14. The molecule has 0 bridgehead atoms. The maximum Gasteiger partial charge on any atom is 0.183 e. The number of ketones is 2. The van der Waals surface area contributed by atoms with E-state index in [0.717, 1.165) is 49.7 Å². The average Bonchev–Trinajstić information content (AvgIpc) is 4.25. The maximum absolute atomic E-state index is 11.8. The van der Waals surface area contributed by atoms with Crippen molar-refractivity contribution in [2.24, 2.45) is 41.4 Å². The van der Waals surface area contributed by atoms with Gasteiger partial charge in [0.15, 0.2) is 11.6 Å². The van der Waals surface area contributed by atoms with Crippen molar-refractivity contribution in [1.82, 2.24) is 31.9 Å². The first kappa shape index (κ1) is 78.6. The molecule has 0 aromatic heterocycles. The minimum atomic E-state index is -0.484. The monoisotopic (exact) mass is 1060 g/mol. The molecule has 2 fully saturated rings. The smallest absolute Gasteiger partial charge is 0.183 e. The van der Waals surface area contributed by atoms with Crippen molar-refractivity contribution < 1.29 is 39.5 Å². The van der Waals surface area contributed by atoms with Gasteiger partial charge in [0.25, 0.3) is 0 Å². The number of carbonyl (C=O) groups excluding carboxylic acids is 2. The molecule has 14 nitrogen and oxygen atoms in total. The zero-order valence-electron chi connectivity index (χ0n) is 52.5. The summed E-state index contributed by atoms with van der Waals surface area (Å²) in [4.78, 5) is 23.3. The van der Waals surface area contributed by atoms with Crippen molar-refractivity contribution in [3.63, 3.8) is 0 Å². The van der Waals surface area contributed by atoms with Crippen molar-refractivity contribution in [3.8, 4) is 0 Å². The Labute approximate surface area is 456 Å². The Morgan fingerprint density at radius 3 is 1.00 bits per heavy atom. The predicted octanol–water partition coefficient (Wildman–Crippen LogP) is 8.27. The highest BCUT2D eigenvalue weighted by Crippen LogP contribution is 2.33. The standard InChI is InChI=1S/C10H21NO2.C10H19NO2.C10H23NO.2C10H21NO.C10H19NO/c2*1-7(2)5-8(11-4)9(12)10(3)6-13-10;4*1-7(2)6-9(11-5)10(12)8(3)4/h7-9,11-12H,5-6H2,1-4H3;7-8,11H,5-6H2,1-4H3;7-12H,6H2,1-5H3;2*7,9-12H,3,6H2,1-2,4-5H3;7,9,11H,3,6H2,1-2,4-5H3/t8-,9-,10+;8-,10+;9-,10?;9-,10+;9-,10-;9-/m000000/s1. The molecule has 2 saturated heterocycles. The Morgan fingerprint density at radius 2 is 0.770 bits per heavy atom. The first-order valence-corrected chi connectivity index (χ1v) is 28.0. The van der Waals surface area contributed by atoms with Crippen LogP contribution in [0, 0.1) is 41.4 Å². The van der Waals surface area contributed by atoms with Gasteiger partial charge in [-0.05, 0) is 162 Å². The van der Waals surface area contributed by atoms with Crippen molar-refractivity contribution in [1.29, 1.82) is 0 Å². The molecule has 0 aromatic carbocycles. The maximum atomic E-state index is 11.8. The minimum Gasteiger partial charge on any atom is -0.391 e. The molecule has 0 aromatic rings. The van der Waals surface area contributed by atoms with Crippen LogP contribution < -0.4 is 31.9 Å². The van der Waals surface area contributed by atoms with Crippen LogP contribution in [-0.2, 0) is 19.1 Å². The first-order chi connectivity index (χ1) is 33.9. The molecule has 2 rings (SSSR count). The molecule has 2 aliphatic heterocycles. The van der Waals surface area contributed by atoms with E-state index in [4.69, 9.17) is 9.47 Å². The molecule has 10 N–H and O–H groups in total. The summed E-state index contributed by atoms with van der Waals surface area (Å²) in [5, 5.41) is 57.7. The minimum absolute atomic E-state index is 0.0486. The molecule has 0 amide bonds. The van der Waals surface area contributed by atoms with Gasteiger partial charge in [0.05, 0.1) is 43.6 Å². The molecular formula is C60H124N6O8. The third-order valence-corrected chi connectivity index (χ3v) is 13.1. The van der Waals surface area contributed by atoms with Crippen LogP contribution in [0.3, 0.4) is 0 Å². The highest BCUT2D eigenvalue weighted by Gasteiger charge is 2.50. The fourth-order valence-corrected chi connectivity index (χ4v) is 8.11. The summed E-state index contributed by atoms with van der Waals surface area (Å²) in [6.07, 6.45) is 4.28. The quantitative estimate of drug-likeness (QED) is 0.0187. The van der Waals surface area contributed by atoms with Gasteiger partial charge < -0.3 is 61.8 Å². The zero-order chi connectivity index (χ0) is 59.0. The van der Waals surface area contributed by atoms with Crippen LogP contribution in [0.4, 0.5) is 0 Å². The van der Waals surface area contributed by atoms with Gasteiger partial charge in [0.1, 0.15) is 17.3 Å². The van der Waals surface area contributed by atoms with Crippen LogP contribution >= 0.6 is 0 Å². The Bertz CT molecular complexity index is 1460. The molecule has 442 valence electrons.